The van der Waals surface area contributed by atoms with Crippen LogP contribution in [0.25, 0.3) is 10.2 Å². The van der Waals surface area contributed by atoms with E-state index in [1.54, 1.807) is 17.4 Å². The number of amides is 1. The largest absolute Gasteiger partial charge is 0.484 e. The smallest absolute Gasteiger partial charge is 0.266 e. The number of halogens is 1. The third-order valence-corrected chi connectivity index (χ3v) is 5.98. The Morgan fingerprint density at radius 3 is 2.81 bits per heavy atom. The number of ether oxygens (including phenoxy) is 1. The highest BCUT2D eigenvalue weighted by atomic mass is 32.1. The number of para-hydroxylation sites is 1. The number of benzene rings is 2. The summed E-state index contributed by atoms with van der Waals surface area (Å²) in [6.07, 6.45) is 7.02. The molecule has 0 atom stereocenters. The van der Waals surface area contributed by atoms with Gasteiger partial charge in [-0.15, -0.1) is 0 Å². The molecule has 1 amide bonds. The van der Waals surface area contributed by atoms with E-state index in [1.807, 2.05) is 22.9 Å². The Morgan fingerprint density at radius 2 is 2.06 bits per heavy atom. The highest BCUT2D eigenvalue weighted by Gasteiger charge is 2.21. The van der Waals surface area contributed by atoms with Crippen LogP contribution < -0.4 is 9.64 Å². The molecule has 2 aromatic carbocycles. The van der Waals surface area contributed by atoms with Gasteiger partial charge in [0.25, 0.3) is 5.91 Å². The normalized spacial score (nSPS) is 11.0. The van der Waals surface area contributed by atoms with Gasteiger partial charge in [0.1, 0.15) is 11.6 Å². The number of carbonyl (C=O) groups excluding carboxylic acids is 1. The predicted molar refractivity (Wildman–Crippen MR) is 120 cm³/mol. The number of thiazole rings is 1. The summed E-state index contributed by atoms with van der Waals surface area (Å²) < 4.78 is 21.7. The SMILES string of the molecule is CCc1cccc2sc(N(CCCn3ccnc3)C(=O)COc3ccc(F)cc3)nc12. The maximum Gasteiger partial charge on any atom is 0.266 e. The average Bonchev–Trinajstić information content (AvgIpc) is 3.45. The third kappa shape index (κ3) is 5.08. The first-order valence-corrected chi connectivity index (χ1v) is 11.0. The van der Waals surface area contributed by atoms with Gasteiger partial charge in [0.15, 0.2) is 11.7 Å². The van der Waals surface area contributed by atoms with Crippen LogP contribution in [-0.2, 0) is 17.8 Å². The van der Waals surface area contributed by atoms with Gasteiger partial charge in [-0.3, -0.25) is 9.69 Å². The van der Waals surface area contributed by atoms with E-state index in [0.29, 0.717) is 17.4 Å². The zero-order valence-electron chi connectivity index (χ0n) is 17.2. The molecule has 2 heterocycles. The van der Waals surface area contributed by atoms with Gasteiger partial charge in [-0.25, -0.2) is 14.4 Å². The van der Waals surface area contributed by atoms with Crippen molar-refractivity contribution in [3.63, 3.8) is 0 Å². The summed E-state index contributed by atoms with van der Waals surface area (Å²) in [4.78, 5) is 23.6. The second-order valence-corrected chi connectivity index (χ2v) is 8.07. The summed E-state index contributed by atoms with van der Waals surface area (Å²) in [6.45, 7) is 3.20. The number of aromatic nitrogens is 3. The average molecular weight is 439 g/mol. The van der Waals surface area contributed by atoms with Gasteiger partial charge in [0, 0.05) is 25.5 Å². The van der Waals surface area contributed by atoms with Crippen LogP contribution in [0.2, 0.25) is 0 Å². The summed E-state index contributed by atoms with van der Waals surface area (Å²) in [5, 5.41) is 0.661. The molecule has 0 fully saturated rings. The maximum atomic E-state index is 13.1. The first-order valence-electron chi connectivity index (χ1n) is 10.2. The molecule has 2 aromatic heterocycles. The number of imidazole rings is 1. The fraction of sp³-hybridized carbons (Fsp3) is 0.261. The fourth-order valence-electron chi connectivity index (χ4n) is 3.31. The van der Waals surface area contributed by atoms with Crippen molar-refractivity contribution in [2.75, 3.05) is 18.1 Å². The number of anilines is 1. The minimum Gasteiger partial charge on any atom is -0.484 e. The fourth-order valence-corrected chi connectivity index (χ4v) is 4.36. The van der Waals surface area contributed by atoms with Crippen molar-refractivity contribution < 1.29 is 13.9 Å². The van der Waals surface area contributed by atoms with Crippen molar-refractivity contribution in [2.24, 2.45) is 0 Å². The van der Waals surface area contributed by atoms with Crippen LogP contribution in [0.3, 0.4) is 0 Å². The van der Waals surface area contributed by atoms with Gasteiger partial charge < -0.3 is 9.30 Å². The molecule has 0 aliphatic rings. The van der Waals surface area contributed by atoms with E-state index in [-0.39, 0.29) is 18.3 Å². The maximum absolute atomic E-state index is 13.1. The third-order valence-electron chi connectivity index (χ3n) is 4.94. The van der Waals surface area contributed by atoms with Crippen LogP contribution in [0, 0.1) is 5.82 Å². The van der Waals surface area contributed by atoms with Crippen LogP contribution >= 0.6 is 11.3 Å². The molecule has 0 unspecified atom stereocenters. The number of fused-ring (bicyclic) bond motifs is 1. The van der Waals surface area contributed by atoms with Crippen molar-refractivity contribution in [2.45, 2.75) is 26.3 Å². The van der Waals surface area contributed by atoms with E-state index in [9.17, 15) is 9.18 Å². The molecule has 31 heavy (non-hydrogen) atoms. The van der Waals surface area contributed by atoms with Crippen LogP contribution in [0.1, 0.15) is 18.9 Å². The molecule has 4 aromatic rings. The molecule has 8 heteroatoms. The summed E-state index contributed by atoms with van der Waals surface area (Å²) >= 11 is 1.50. The number of nitrogens with zero attached hydrogens (tertiary/aromatic N) is 4. The van der Waals surface area contributed by atoms with E-state index in [4.69, 9.17) is 9.72 Å². The summed E-state index contributed by atoms with van der Waals surface area (Å²) in [5.41, 5.74) is 2.10. The van der Waals surface area contributed by atoms with Gasteiger partial charge in [0.05, 0.1) is 16.5 Å². The van der Waals surface area contributed by atoms with E-state index in [2.05, 4.69) is 18.0 Å². The van der Waals surface area contributed by atoms with Crippen LogP contribution in [-0.4, -0.2) is 33.6 Å². The van der Waals surface area contributed by atoms with Gasteiger partial charge in [0.2, 0.25) is 0 Å². The number of carbonyl (C=O) groups is 1. The van der Waals surface area contributed by atoms with Crippen LogP contribution in [0.4, 0.5) is 9.52 Å². The molecule has 0 aliphatic heterocycles. The Labute approximate surface area is 183 Å². The monoisotopic (exact) mass is 438 g/mol. The molecular weight excluding hydrogens is 415 g/mol. The molecule has 0 bridgehead atoms. The van der Waals surface area contributed by atoms with Crippen molar-refractivity contribution >= 4 is 32.6 Å². The lowest BCUT2D eigenvalue weighted by Crippen LogP contribution is -2.36. The lowest BCUT2D eigenvalue weighted by Gasteiger charge is -2.20. The molecule has 6 nitrogen and oxygen atoms in total. The van der Waals surface area contributed by atoms with Crippen molar-refractivity contribution in [1.82, 2.24) is 14.5 Å². The zero-order valence-corrected chi connectivity index (χ0v) is 18.0. The highest BCUT2D eigenvalue weighted by molar-refractivity contribution is 7.22. The molecular formula is C23H23FN4O2S. The van der Waals surface area contributed by atoms with Crippen molar-refractivity contribution in [1.29, 1.82) is 0 Å². The second kappa shape index (κ2) is 9.70. The lowest BCUT2D eigenvalue weighted by molar-refractivity contribution is -0.120. The van der Waals surface area contributed by atoms with Gasteiger partial charge >= 0.3 is 0 Å². The molecule has 160 valence electrons. The molecule has 0 N–H and O–H groups in total. The van der Waals surface area contributed by atoms with E-state index < -0.39 is 0 Å². The Bertz CT molecular complexity index is 1140. The Hall–Kier alpha value is -3.26. The van der Waals surface area contributed by atoms with Crippen molar-refractivity contribution in [3.8, 4) is 5.75 Å². The van der Waals surface area contributed by atoms with E-state index in [1.165, 1.54) is 35.6 Å². The minimum atomic E-state index is -0.346. The number of hydrogen-bond acceptors (Lipinski definition) is 5. The molecule has 0 saturated heterocycles. The standard InChI is InChI=1S/C23H23FN4O2S/c1-2-17-5-3-6-20-22(17)26-23(31-20)28(13-4-12-27-14-11-25-16-27)21(29)15-30-19-9-7-18(24)8-10-19/h3,5-11,14,16H,2,4,12-13,15H2,1H3. The van der Waals surface area contributed by atoms with Gasteiger partial charge in [-0.05, 0) is 48.7 Å². The first-order chi connectivity index (χ1) is 15.1. The number of aryl methyl sites for hydroxylation is 2. The van der Waals surface area contributed by atoms with E-state index >= 15 is 0 Å². The first kappa shape index (κ1) is 21.0. The van der Waals surface area contributed by atoms with E-state index in [0.717, 1.165) is 35.2 Å². The molecule has 4 rings (SSSR count). The molecule has 0 spiro atoms. The molecule has 0 radical (unpaired) electrons. The van der Waals surface area contributed by atoms with Gasteiger partial charge in [-0.1, -0.05) is 30.4 Å². The predicted octanol–water partition coefficient (Wildman–Crippen LogP) is 4.70. The lowest BCUT2D eigenvalue weighted by atomic mass is 10.1. The number of hydrogen-bond donors (Lipinski definition) is 0. The van der Waals surface area contributed by atoms with Crippen LogP contribution in [0.5, 0.6) is 5.75 Å². The minimum absolute atomic E-state index is 0.146. The molecule has 0 aliphatic carbocycles. The molecule has 0 saturated carbocycles. The van der Waals surface area contributed by atoms with Crippen molar-refractivity contribution in [3.05, 3.63) is 72.6 Å². The summed E-state index contributed by atoms with van der Waals surface area (Å²) in [6, 6.07) is 11.7. The number of rotatable bonds is 9. The topological polar surface area (TPSA) is 60.2 Å². The zero-order chi connectivity index (χ0) is 21.6. The quantitative estimate of drug-likeness (QED) is 0.380. The highest BCUT2D eigenvalue weighted by Crippen LogP contribution is 2.31. The summed E-state index contributed by atoms with van der Waals surface area (Å²) in [7, 11) is 0. The van der Waals surface area contributed by atoms with Gasteiger partial charge in [-0.2, -0.15) is 0 Å². The Balaban J connectivity index is 1.52. The Kier molecular flexibility index (Phi) is 6.57. The van der Waals surface area contributed by atoms with Crippen LogP contribution in [0.15, 0.2) is 61.2 Å². The Morgan fingerprint density at radius 1 is 1.23 bits per heavy atom. The summed E-state index contributed by atoms with van der Waals surface area (Å²) in [5.74, 6) is -0.0845. The second-order valence-electron chi connectivity index (χ2n) is 7.06.